The van der Waals surface area contributed by atoms with Gasteiger partial charge in [-0.1, -0.05) is 12.1 Å². The van der Waals surface area contributed by atoms with Crippen LogP contribution in [0.15, 0.2) is 48.5 Å². The van der Waals surface area contributed by atoms with Crippen LogP contribution in [0, 0.1) is 0 Å². The molecule has 182 valence electrons. The maximum absolute atomic E-state index is 12.6. The first-order valence-corrected chi connectivity index (χ1v) is 10.6. The number of hydrogen-bond donors (Lipinski definition) is 1. The molecule has 0 heterocycles. The van der Waals surface area contributed by atoms with Crippen LogP contribution in [0.4, 0.5) is 13.2 Å². The summed E-state index contributed by atoms with van der Waals surface area (Å²) in [5.74, 6) is 0.270. The number of halogens is 3. The molecule has 0 saturated heterocycles. The van der Waals surface area contributed by atoms with Gasteiger partial charge in [0.2, 0.25) is 6.29 Å². The van der Waals surface area contributed by atoms with Crippen LogP contribution in [0.1, 0.15) is 38.3 Å². The highest BCUT2D eigenvalue weighted by Gasteiger charge is 2.30. The van der Waals surface area contributed by atoms with E-state index >= 15 is 0 Å². The second-order valence-corrected chi connectivity index (χ2v) is 7.51. The van der Waals surface area contributed by atoms with Crippen molar-refractivity contribution in [2.24, 2.45) is 0 Å². The van der Waals surface area contributed by atoms with Gasteiger partial charge in [0, 0.05) is 12.8 Å². The van der Waals surface area contributed by atoms with Crippen molar-refractivity contribution in [1.82, 2.24) is 0 Å². The molecular formula is C24H29F3O6. The summed E-state index contributed by atoms with van der Waals surface area (Å²) in [7, 11) is 0. The Balaban J connectivity index is 1.80. The lowest BCUT2D eigenvalue weighted by Crippen LogP contribution is -2.31. The highest BCUT2D eigenvalue weighted by Crippen LogP contribution is 2.30. The molecule has 0 radical (unpaired) electrons. The third kappa shape index (κ3) is 9.31. The maximum atomic E-state index is 12.6. The van der Waals surface area contributed by atoms with Crippen LogP contribution in [0.25, 0.3) is 0 Å². The number of hydrogen-bond acceptors (Lipinski definition) is 6. The largest absolute Gasteiger partial charge is 0.493 e. The minimum absolute atomic E-state index is 0.107. The van der Waals surface area contributed by atoms with Gasteiger partial charge in [0.15, 0.2) is 6.10 Å². The zero-order valence-corrected chi connectivity index (χ0v) is 18.8. The number of alkyl halides is 3. The predicted octanol–water partition coefficient (Wildman–Crippen LogP) is 4.77. The van der Waals surface area contributed by atoms with E-state index in [1.807, 2.05) is 13.8 Å². The number of carbonyl (C=O) groups is 1. The number of ether oxygens (including phenoxy) is 4. The Morgan fingerprint density at radius 1 is 1.00 bits per heavy atom. The number of aliphatic hydroxyl groups excluding tert-OH is 1. The highest BCUT2D eigenvalue weighted by atomic mass is 19.4. The Morgan fingerprint density at radius 2 is 1.61 bits per heavy atom. The van der Waals surface area contributed by atoms with Gasteiger partial charge in [-0.3, -0.25) is 0 Å². The van der Waals surface area contributed by atoms with Crippen molar-refractivity contribution in [3.8, 4) is 11.5 Å². The summed E-state index contributed by atoms with van der Waals surface area (Å²) in [5, 5.41) is 9.94. The number of carbonyl (C=O) groups excluding carboxylic acids is 1. The molecule has 0 aliphatic rings. The lowest BCUT2D eigenvalue weighted by molar-refractivity contribution is -0.159. The molecule has 2 atom stereocenters. The average molecular weight is 470 g/mol. The average Bonchev–Trinajstić information content (AvgIpc) is 2.74. The van der Waals surface area contributed by atoms with Gasteiger partial charge < -0.3 is 24.1 Å². The zero-order chi connectivity index (χ0) is 24.4. The Bertz CT molecular complexity index is 850. The molecule has 0 spiro atoms. The summed E-state index contributed by atoms with van der Waals surface area (Å²) in [6, 6.07) is 11.2. The fraction of sp³-hybridized carbons (Fsp3) is 0.458. The molecular weight excluding hydrogens is 441 g/mol. The number of esters is 1. The van der Waals surface area contributed by atoms with E-state index < -0.39 is 30.1 Å². The normalized spacial score (nSPS) is 13.5. The minimum Gasteiger partial charge on any atom is -0.493 e. The molecule has 33 heavy (non-hydrogen) atoms. The SMILES string of the molecule is CCOC(=O)C(Cc1ccc(OCCC(O)Oc2ccc(C(F)(F)F)cc2)cc1)OC(C)C. The van der Waals surface area contributed by atoms with E-state index in [2.05, 4.69) is 0 Å². The smallest absolute Gasteiger partial charge is 0.416 e. The Hall–Kier alpha value is -2.78. The predicted molar refractivity (Wildman–Crippen MR) is 115 cm³/mol. The summed E-state index contributed by atoms with van der Waals surface area (Å²) in [5.41, 5.74) is 0.0761. The van der Waals surface area contributed by atoms with Gasteiger partial charge in [-0.2, -0.15) is 13.2 Å². The van der Waals surface area contributed by atoms with Gasteiger partial charge in [-0.05, 0) is 62.7 Å². The van der Waals surface area contributed by atoms with E-state index in [0.29, 0.717) is 12.2 Å². The van der Waals surface area contributed by atoms with E-state index in [1.54, 1.807) is 31.2 Å². The fourth-order valence-corrected chi connectivity index (χ4v) is 2.90. The van der Waals surface area contributed by atoms with E-state index in [9.17, 15) is 23.1 Å². The molecule has 0 saturated carbocycles. The summed E-state index contributed by atoms with van der Waals surface area (Å²) in [4.78, 5) is 12.1. The van der Waals surface area contributed by atoms with Gasteiger partial charge in [-0.15, -0.1) is 0 Å². The van der Waals surface area contributed by atoms with Crippen molar-refractivity contribution in [2.45, 2.75) is 58.3 Å². The first kappa shape index (κ1) is 26.5. The van der Waals surface area contributed by atoms with Gasteiger partial charge in [0.25, 0.3) is 0 Å². The summed E-state index contributed by atoms with van der Waals surface area (Å²) in [6.07, 6.45) is -6.03. The quantitative estimate of drug-likeness (QED) is 0.356. The molecule has 2 rings (SSSR count). The Labute approximate surface area is 191 Å². The first-order valence-electron chi connectivity index (χ1n) is 10.6. The maximum Gasteiger partial charge on any atom is 0.416 e. The molecule has 2 aromatic rings. The number of rotatable bonds is 12. The molecule has 9 heteroatoms. The first-order chi connectivity index (χ1) is 15.6. The number of benzene rings is 2. The van der Waals surface area contributed by atoms with Crippen LogP contribution in [-0.2, 0) is 26.9 Å². The van der Waals surface area contributed by atoms with E-state index in [-0.39, 0.29) is 31.5 Å². The van der Waals surface area contributed by atoms with E-state index in [4.69, 9.17) is 18.9 Å². The lowest BCUT2D eigenvalue weighted by Gasteiger charge is -2.19. The molecule has 1 N–H and O–H groups in total. The lowest BCUT2D eigenvalue weighted by atomic mass is 10.1. The fourth-order valence-electron chi connectivity index (χ4n) is 2.90. The van der Waals surface area contributed by atoms with Crippen LogP contribution in [0.2, 0.25) is 0 Å². The van der Waals surface area contributed by atoms with E-state index in [0.717, 1.165) is 29.8 Å². The van der Waals surface area contributed by atoms with Crippen molar-refractivity contribution in [2.75, 3.05) is 13.2 Å². The third-order valence-corrected chi connectivity index (χ3v) is 4.42. The van der Waals surface area contributed by atoms with Gasteiger partial charge in [0.1, 0.15) is 11.5 Å². The Kier molecular flexibility index (Phi) is 9.99. The molecule has 0 aromatic heterocycles. The third-order valence-electron chi connectivity index (χ3n) is 4.42. The van der Waals surface area contributed by atoms with Crippen LogP contribution in [-0.4, -0.2) is 42.8 Å². The van der Waals surface area contributed by atoms with Crippen LogP contribution >= 0.6 is 0 Å². The second kappa shape index (κ2) is 12.5. The van der Waals surface area contributed by atoms with Crippen LogP contribution in [0.5, 0.6) is 11.5 Å². The monoisotopic (exact) mass is 470 g/mol. The van der Waals surface area contributed by atoms with Crippen molar-refractivity contribution >= 4 is 5.97 Å². The molecule has 0 bridgehead atoms. The van der Waals surface area contributed by atoms with Crippen LogP contribution in [0.3, 0.4) is 0 Å². The van der Waals surface area contributed by atoms with Crippen LogP contribution < -0.4 is 9.47 Å². The summed E-state index contributed by atoms with van der Waals surface area (Å²) >= 11 is 0. The summed E-state index contributed by atoms with van der Waals surface area (Å²) in [6.45, 7) is 5.83. The van der Waals surface area contributed by atoms with Crippen molar-refractivity contribution in [1.29, 1.82) is 0 Å². The Morgan fingerprint density at radius 3 is 2.15 bits per heavy atom. The highest BCUT2D eigenvalue weighted by molar-refractivity contribution is 5.75. The minimum atomic E-state index is -4.43. The van der Waals surface area contributed by atoms with Gasteiger partial charge in [-0.25, -0.2) is 4.79 Å². The van der Waals surface area contributed by atoms with E-state index in [1.165, 1.54) is 0 Å². The standard InChI is InChI=1S/C24H29F3O6/c1-4-30-23(29)21(32-16(2)3)15-17-5-9-19(10-6-17)31-14-13-22(28)33-20-11-7-18(8-12-20)24(25,26)27/h5-12,16,21-22,28H,4,13-15H2,1-3H3. The molecule has 2 aromatic carbocycles. The van der Waals surface area contributed by atoms with Crippen molar-refractivity contribution < 1.29 is 42.0 Å². The van der Waals surface area contributed by atoms with Crippen molar-refractivity contribution in [3.63, 3.8) is 0 Å². The second-order valence-electron chi connectivity index (χ2n) is 7.51. The zero-order valence-electron chi connectivity index (χ0n) is 18.8. The summed E-state index contributed by atoms with van der Waals surface area (Å²) < 4.78 is 59.2. The molecule has 0 amide bonds. The van der Waals surface area contributed by atoms with Crippen molar-refractivity contribution in [3.05, 3.63) is 59.7 Å². The molecule has 6 nitrogen and oxygen atoms in total. The molecule has 0 aliphatic heterocycles. The number of aliphatic hydroxyl groups is 1. The van der Waals surface area contributed by atoms with Gasteiger partial charge >= 0.3 is 12.1 Å². The van der Waals surface area contributed by atoms with Gasteiger partial charge in [0.05, 0.1) is 24.9 Å². The molecule has 0 fully saturated rings. The molecule has 2 unspecified atom stereocenters. The topological polar surface area (TPSA) is 74.2 Å². The molecule has 0 aliphatic carbocycles.